The number of hydrogen-bond donors (Lipinski definition) is 1. The molecular formula is C18H16N4O2S. The second-order valence-corrected chi connectivity index (χ2v) is 6.61. The van der Waals surface area contributed by atoms with Gasteiger partial charge in [0, 0.05) is 10.6 Å². The minimum atomic E-state index is -0.448. The maximum absolute atomic E-state index is 11.6. The third-order valence-electron chi connectivity index (χ3n) is 3.41. The first-order valence-electron chi connectivity index (χ1n) is 7.60. The summed E-state index contributed by atoms with van der Waals surface area (Å²) >= 11 is 1.24. The van der Waals surface area contributed by atoms with Gasteiger partial charge in [-0.3, -0.25) is 10.1 Å². The highest BCUT2D eigenvalue weighted by Crippen LogP contribution is 2.37. The van der Waals surface area contributed by atoms with Gasteiger partial charge in [0.15, 0.2) is 5.03 Å². The predicted molar refractivity (Wildman–Crippen MR) is 98.5 cm³/mol. The van der Waals surface area contributed by atoms with Gasteiger partial charge in [-0.2, -0.15) is 0 Å². The molecule has 3 aromatic rings. The fourth-order valence-electron chi connectivity index (χ4n) is 2.48. The topological polar surface area (TPSA) is 81.0 Å². The zero-order chi connectivity index (χ0) is 17.8. The molecule has 7 heteroatoms. The highest BCUT2D eigenvalue weighted by atomic mass is 32.2. The van der Waals surface area contributed by atoms with Gasteiger partial charge in [-0.25, -0.2) is 9.97 Å². The summed E-state index contributed by atoms with van der Waals surface area (Å²) in [6, 6.07) is 15.3. The van der Waals surface area contributed by atoms with Crippen LogP contribution in [-0.2, 0) is 0 Å². The Bertz CT molecular complexity index is 896. The maximum atomic E-state index is 11.6. The van der Waals surface area contributed by atoms with Gasteiger partial charge in [0.05, 0.1) is 4.92 Å². The van der Waals surface area contributed by atoms with Crippen LogP contribution in [0.25, 0.3) is 0 Å². The molecular weight excluding hydrogens is 336 g/mol. The van der Waals surface area contributed by atoms with E-state index in [1.807, 2.05) is 62.4 Å². The Hall–Kier alpha value is -2.93. The summed E-state index contributed by atoms with van der Waals surface area (Å²) in [5.41, 5.74) is 2.77. The maximum Gasteiger partial charge on any atom is 0.343 e. The quantitative estimate of drug-likeness (QED) is 0.400. The Morgan fingerprint density at radius 3 is 2.36 bits per heavy atom. The average molecular weight is 352 g/mol. The van der Waals surface area contributed by atoms with Crippen molar-refractivity contribution < 1.29 is 4.92 Å². The Balaban J connectivity index is 1.99. The van der Waals surface area contributed by atoms with Crippen LogP contribution in [0.5, 0.6) is 0 Å². The van der Waals surface area contributed by atoms with Crippen LogP contribution in [0, 0.1) is 24.0 Å². The summed E-state index contributed by atoms with van der Waals surface area (Å²) in [5, 5.41) is 15.0. The van der Waals surface area contributed by atoms with Crippen LogP contribution < -0.4 is 5.32 Å². The Morgan fingerprint density at radius 1 is 1.04 bits per heavy atom. The fraction of sp³-hybridized carbons (Fsp3) is 0.111. The lowest BCUT2D eigenvalue weighted by atomic mass is 10.1. The summed E-state index contributed by atoms with van der Waals surface area (Å²) in [4.78, 5) is 20.2. The number of nitrogens with zero attached hydrogens (tertiary/aromatic N) is 3. The first kappa shape index (κ1) is 16.9. The number of anilines is 2. The number of nitro groups is 1. The molecule has 25 heavy (non-hydrogen) atoms. The number of aromatic nitrogens is 2. The van der Waals surface area contributed by atoms with E-state index in [0.717, 1.165) is 21.7 Å². The molecule has 1 N–H and O–H groups in total. The lowest BCUT2D eigenvalue weighted by Crippen LogP contribution is -2.03. The molecule has 0 amide bonds. The molecule has 0 unspecified atom stereocenters. The van der Waals surface area contributed by atoms with Crippen molar-refractivity contribution in [2.45, 2.75) is 23.8 Å². The third-order valence-corrected chi connectivity index (χ3v) is 4.41. The second kappa shape index (κ2) is 7.31. The Kier molecular flexibility index (Phi) is 4.95. The van der Waals surface area contributed by atoms with E-state index in [1.165, 1.54) is 18.1 Å². The van der Waals surface area contributed by atoms with E-state index in [9.17, 15) is 10.1 Å². The molecule has 0 saturated heterocycles. The first-order valence-corrected chi connectivity index (χ1v) is 8.42. The van der Waals surface area contributed by atoms with Crippen molar-refractivity contribution in [1.82, 2.24) is 9.97 Å². The molecule has 0 bridgehead atoms. The normalized spacial score (nSPS) is 10.5. The van der Waals surface area contributed by atoms with Crippen LogP contribution in [-0.4, -0.2) is 14.9 Å². The van der Waals surface area contributed by atoms with E-state index in [1.54, 1.807) is 0 Å². The molecule has 0 fully saturated rings. The van der Waals surface area contributed by atoms with Gasteiger partial charge in [-0.1, -0.05) is 36.0 Å². The lowest BCUT2D eigenvalue weighted by Gasteiger charge is -2.10. The molecule has 0 radical (unpaired) electrons. The minimum absolute atomic E-state index is 0.129. The highest BCUT2D eigenvalue weighted by molar-refractivity contribution is 7.99. The molecule has 0 saturated carbocycles. The monoisotopic (exact) mass is 352 g/mol. The third kappa shape index (κ3) is 4.13. The molecule has 3 rings (SSSR count). The number of aryl methyl sites for hydroxylation is 2. The van der Waals surface area contributed by atoms with Crippen molar-refractivity contribution in [3.63, 3.8) is 0 Å². The highest BCUT2D eigenvalue weighted by Gasteiger charge is 2.24. The van der Waals surface area contributed by atoms with Gasteiger partial charge in [-0.05, 0) is 49.2 Å². The van der Waals surface area contributed by atoms with E-state index < -0.39 is 4.92 Å². The van der Waals surface area contributed by atoms with Gasteiger partial charge in [-0.15, -0.1) is 0 Å². The summed E-state index contributed by atoms with van der Waals surface area (Å²) in [6.45, 7) is 3.95. The van der Waals surface area contributed by atoms with Crippen molar-refractivity contribution in [2.24, 2.45) is 0 Å². The van der Waals surface area contributed by atoms with Crippen LogP contribution in [0.3, 0.4) is 0 Å². The Labute approximate surface area is 149 Å². The van der Waals surface area contributed by atoms with E-state index in [2.05, 4.69) is 15.3 Å². The van der Waals surface area contributed by atoms with Gasteiger partial charge in [0.2, 0.25) is 5.82 Å². The second-order valence-electron chi connectivity index (χ2n) is 5.55. The zero-order valence-electron chi connectivity index (χ0n) is 13.8. The van der Waals surface area contributed by atoms with E-state index >= 15 is 0 Å². The number of hydrogen-bond acceptors (Lipinski definition) is 6. The number of rotatable bonds is 5. The summed E-state index contributed by atoms with van der Waals surface area (Å²) < 4.78 is 0. The van der Waals surface area contributed by atoms with Crippen molar-refractivity contribution in [2.75, 3.05) is 5.32 Å². The molecule has 1 aromatic heterocycles. The molecule has 6 nitrogen and oxygen atoms in total. The van der Waals surface area contributed by atoms with E-state index in [4.69, 9.17) is 0 Å². The van der Waals surface area contributed by atoms with Gasteiger partial charge < -0.3 is 5.32 Å². The zero-order valence-corrected chi connectivity index (χ0v) is 14.6. The van der Waals surface area contributed by atoms with Crippen molar-refractivity contribution >= 4 is 29.0 Å². The smallest absolute Gasteiger partial charge is 0.334 e. The standard InChI is InChI=1S/C18H16N4O2S/c1-12-8-13(2)10-14(9-12)21-17-16(22(23)24)18(20-11-19-17)25-15-6-4-3-5-7-15/h3-11H,1-2H3,(H,19,20,21). The average Bonchev–Trinajstić information content (AvgIpc) is 2.54. The van der Waals surface area contributed by atoms with Crippen LogP contribution in [0.4, 0.5) is 17.2 Å². The summed E-state index contributed by atoms with van der Waals surface area (Å²) in [5.74, 6) is 0.184. The first-order chi connectivity index (χ1) is 12.0. The largest absolute Gasteiger partial charge is 0.343 e. The van der Waals surface area contributed by atoms with Crippen LogP contribution in [0.2, 0.25) is 0 Å². The predicted octanol–water partition coefficient (Wildman–Crippen LogP) is 4.90. The van der Waals surface area contributed by atoms with E-state index in [0.29, 0.717) is 5.03 Å². The molecule has 0 atom stereocenters. The van der Waals surface area contributed by atoms with Gasteiger partial charge in [0.1, 0.15) is 6.33 Å². The van der Waals surface area contributed by atoms with E-state index in [-0.39, 0.29) is 11.5 Å². The summed E-state index contributed by atoms with van der Waals surface area (Å²) in [7, 11) is 0. The Morgan fingerprint density at radius 2 is 1.72 bits per heavy atom. The van der Waals surface area contributed by atoms with Crippen LogP contribution >= 0.6 is 11.8 Å². The number of benzene rings is 2. The SMILES string of the molecule is Cc1cc(C)cc(Nc2ncnc(Sc3ccccc3)c2[N+](=O)[O-])c1. The van der Waals surface area contributed by atoms with Gasteiger partial charge in [0.25, 0.3) is 0 Å². The van der Waals surface area contributed by atoms with Crippen molar-refractivity contribution in [3.05, 3.63) is 76.1 Å². The van der Waals surface area contributed by atoms with Crippen LogP contribution in [0.15, 0.2) is 64.8 Å². The molecule has 0 spiro atoms. The van der Waals surface area contributed by atoms with Crippen molar-refractivity contribution in [1.29, 1.82) is 0 Å². The lowest BCUT2D eigenvalue weighted by molar-refractivity contribution is -0.387. The number of nitrogens with one attached hydrogen (secondary N) is 1. The van der Waals surface area contributed by atoms with Crippen LogP contribution in [0.1, 0.15) is 11.1 Å². The molecule has 0 aliphatic carbocycles. The molecule has 1 heterocycles. The summed E-state index contributed by atoms with van der Waals surface area (Å²) in [6.07, 6.45) is 1.34. The van der Waals surface area contributed by atoms with Crippen molar-refractivity contribution in [3.8, 4) is 0 Å². The van der Waals surface area contributed by atoms with Gasteiger partial charge >= 0.3 is 5.69 Å². The molecule has 0 aliphatic heterocycles. The minimum Gasteiger partial charge on any atom is -0.334 e. The fourth-order valence-corrected chi connectivity index (χ4v) is 3.36. The molecule has 126 valence electrons. The molecule has 0 aliphatic rings. The molecule has 2 aromatic carbocycles.